The molecular formula is C13H14ClN3S. The number of benzene rings is 1. The highest BCUT2D eigenvalue weighted by Crippen LogP contribution is 2.22. The molecule has 0 amide bonds. The van der Waals surface area contributed by atoms with Crippen LogP contribution < -0.4 is 11.3 Å². The Balaban J connectivity index is 1.90. The van der Waals surface area contributed by atoms with Gasteiger partial charge in [-0.25, -0.2) is 10.8 Å². The topological polar surface area (TPSA) is 50.9 Å². The first-order chi connectivity index (χ1) is 8.79. The van der Waals surface area contributed by atoms with E-state index in [1.807, 2.05) is 48.2 Å². The zero-order valence-corrected chi connectivity index (χ0v) is 11.3. The Labute approximate surface area is 116 Å². The molecule has 0 saturated heterocycles. The molecule has 0 fully saturated rings. The summed E-state index contributed by atoms with van der Waals surface area (Å²) >= 11 is 7.66. The summed E-state index contributed by atoms with van der Waals surface area (Å²) in [4.78, 5) is 4.17. The summed E-state index contributed by atoms with van der Waals surface area (Å²) in [6.07, 6.45) is 1.72. The highest BCUT2D eigenvalue weighted by Gasteiger charge is 2.02. The number of nitrogens with two attached hydrogens (primary N) is 1. The van der Waals surface area contributed by atoms with Gasteiger partial charge in [0.05, 0.1) is 0 Å². The van der Waals surface area contributed by atoms with Crippen LogP contribution in [-0.4, -0.2) is 4.98 Å². The lowest BCUT2D eigenvalue weighted by molar-refractivity contribution is 1.18. The molecule has 1 aromatic heterocycles. The Morgan fingerprint density at radius 1 is 1.17 bits per heavy atom. The molecule has 0 saturated carbocycles. The number of nitrogen functional groups attached to an aromatic ring is 1. The average Bonchev–Trinajstić information content (AvgIpc) is 2.41. The summed E-state index contributed by atoms with van der Waals surface area (Å²) in [6, 6.07) is 11.8. The van der Waals surface area contributed by atoms with Crippen LogP contribution in [-0.2, 0) is 11.5 Å². The molecule has 0 aliphatic rings. The second-order valence-corrected chi connectivity index (χ2v) is 5.20. The van der Waals surface area contributed by atoms with Crippen LogP contribution in [0, 0.1) is 0 Å². The van der Waals surface area contributed by atoms with E-state index < -0.39 is 0 Å². The molecule has 1 aromatic carbocycles. The fourth-order valence-electron chi connectivity index (χ4n) is 1.54. The molecule has 0 aliphatic heterocycles. The first-order valence-electron chi connectivity index (χ1n) is 5.52. The van der Waals surface area contributed by atoms with Crippen molar-refractivity contribution in [2.24, 2.45) is 5.84 Å². The van der Waals surface area contributed by atoms with E-state index in [9.17, 15) is 0 Å². The molecule has 3 nitrogen and oxygen atoms in total. The molecule has 0 bridgehead atoms. The van der Waals surface area contributed by atoms with Crippen molar-refractivity contribution >= 4 is 29.2 Å². The molecule has 0 spiro atoms. The Bertz CT molecular complexity index is 502. The first-order valence-corrected chi connectivity index (χ1v) is 7.05. The summed E-state index contributed by atoms with van der Waals surface area (Å²) < 4.78 is 0. The number of halogens is 1. The minimum Gasteiger partial charge on any atom is -0.308 e. The standard InChI is InChI=1S/C13H14ClN3S/c14-12-5-3-10(4-6-12)8-18-9-11-2-1-7-16-13(11)17-15/h1-7H,8-9,15H2,(H,16,17). The van der Waals surface area contributed by atoms with Gasteiger partial charge in [0, 0.05) is 28.3 Å². The predicted molar refractivity (Wildman–Crippen MR) is 78.5 cm³/mol. The third kappa shape index (κ3) is 3.63. The van der Waals surface area contributed by atoms with Crippen molar-refractivity contribution in [3.63, 3.8) is 0 Å². The highest BCUT2D eigenvalue weighted by molar-refractivity contribution is 7.97. The normalized spacial score (nSPS) is 10.3. The van der Waals surface area contributed by atoms with Crippen molar-refractivity contribution in [2.75, 3.05) is 5.43 Å². The maximum absolute atomic E-state index is 5.84. The zero-order chi connectivity index (χ0) is 12.8. The summed E-state index contributed by atoms with van der Waals surface area (Å²) in [7, 11) is 0. The summed E-state index contributed by atoms with van der Waals surface area (Å²) in [6.45, 7) is 0. The first kappa shape index (κ1) is 13.2. The van der Waals surface area contributed by atoms with E-state index in [0.29, 0.717) is 0 Å². The maximum Gasteiger partial charge on any atom is 0.143 e. The number of anilines is 1. The number of thioether (sulfide) groups is 1. The van der Waals surface area contributed by atoms with Gasteiger partial charge in [-0.2, -0.15) is 11.8 Å². The molecular weight excluding hydrogens is 266 g/mol. The van der Waals surface area contributed by atoms with E-state index >= 15 is 0 Å². The van der Waals surface area contributed by atoms with Gasteiger partial charge in [-0.3, -0.25) is 0 Å². The Morgan fingerprint density at radius 2 is 1.94 bits per heavy atom. The van der Waals surface area contributed by atoms with Crippen LogP contribution in [0.2, 0.25) is 5.02 Å². The highest BCUT2D eigenvalue weighted by atomic mass is 35.5. The third-order valence-electron chi connectivity index (χ3n) is 2.47. The van der Waals surface area contributed by atoms with Gasteiger partial charge in [0.15, 0.2) is 0 Å². The fraction of sp³-hybridized carbons (Fsp3) is 0.154. The van der Waals surface area contributed by atoms with Gasteiger partial charge in [0.25, 0.3) is 0 Å². The summed E-state index contributed by atoms with van der Waals surface area (Å²) in [5, 5.41) is 0.769. The second-order valence-electron chi connectivity index (χ2n) is 3.77. The Hall–Kier alpha value is -1.23. The van der Waals surface area contributed by atoms with Crippen LogP contribution in [0.15, 0.2) is 42.6 Å². The van der Waals surface area contributed by atoms with E-state index in [-0.39, 0.29) is 0 Å². The zero-order valence-electron chi connectivity index (χ0n) is 9.77. The van der Waals surface area contributed by atoms with E-state index in [1.54, 1.807) is 6.20 Å². The van der Waals surface area contributed by atoms with Crippen LogP contribution in [0.25, 0.3) is 0 Å². The second kappa shape index (κ2) is 6.64. The van der Waals surface area contributed by atoms with Gasteiger partial charge < -0.3 is 5.43 Å². The van der Waals surface area contributed by atoms with Crippen LogP contribution in [0.4, 0.5) is 5.82 Å². The van der Waals surface area contributed by atoms with Gasteiger partial charge in [-0.05, 0) is 23.8 Å². The number of nitrogens with one attached hydrogen (secondary N) is 1. The summed E-state index contributed by atoms with van der Waals surface area (Å²) in [5.41, 5.74) is 4.98. The number of hydrazine groups is 1. The average molecular weight is 280 g/mol. The SMILES string of the molecule is NNc1ncccc1CSCc1ccc(Cl)cc1. The number of nitrogens with zero attached hydrogens (tertiary/aromatic N) is 1. The third-order valence-corrected chi connectivity index (χ3v) is 3.77. The van der Waals surface area contributed by atoms with E-state index in [0.717, 1.165) is 27.9 Å². The van der Waals surface area contributed by atoms with Gasteiger partial charge in [-0.1, -0.05) is 29.8 Å². The molecule has 0 aliphatic carbocycles. The monoisotopic (exact) mass is 279 g/mol. The van der Waals surface area contributed by atoms with Gasteiger partial charge >= 0.3 is 0 Å². The van der Waals surface area contributed by atoms with Crippen molar-refractivity contribution in [3.8, 4) is 0 Å². The van der Waals surface area contributed by atoms with E-state index in [2.05, 4.69) is 10.4 Å². The van der Waals surface area contributed by atoms with Crippen molar-refractivity contribution in [2.45, 2.75) is 11.5 Å². The van der Waals surface area contributed by atoms with Crippen LogP contribution in [0.3, 0.4) is 0 Å². The van der Waals surface area contributed by atoms with Gasteiger partial charge in [0.2, 0.25) is 0 Å². The van der Waals surface area contributed by atoms with Crippen molar-refractivity contribution in [1.82, 2.24) is 4.98 Å². The molecule has 0 unspecified atom stereocenters. The fourth-order valence-corrected chi connectivity index (χ4v) is 2.65. The quantitative estimate of drug-likeness (QED) is 0.650. The molecule has 5 heteroatoms. The van der Waals surface area contributed by atoms with Crippen LogP contribution >= 0.6 is 23.4 Å². The minimum atomic E-state index is 0.737. The van der Waals surface area contributed by atoms with Crippen LogP contribution in [0.1, 0.15) is 11.1 Å². The van der Waals surface area contributed by atoms with Crippen LogP contribution in [0.5, 0.6) is 0 Å². The number of hydrogen-bond acceptors (Lipinski definition) is 4. The molecule has 94 valence electrons. The molecule has 0 atom stereocenters. The molecule has 1 heterocycles. The van der Waals surface area contributed by atoms with Gasteiger partial charge in [-0.15, -0.1) is 0 Å². The van der Waals surface area contributed by atoms with Crippen molar-refractivity contribution in [1.29, 1.82) is 0 Å². The molecule has 3 N–H and O–H groups in total. The Morgan fingerprint density at radius 3 is 2.67 bits per heavy atom. The lowest BCUT2D eigenvalue weighted by atomic mass is 10.2. The minimum absolute atomic E-state index is 0.737. The number of hydrogen-bond donors (Lipinski definition) is 2. The lowest BCUT2D eigenvalue weighted by Gasteiger charge is -2.07. The smallest absolute Gasteiger partial charge is 0.143 e. The maximum atomic E-state index is 5.84. The van der Waals surface area contributed by atoms with Crippen molar-refractivity contribution in [3.05, 3.63) is 58.7 Å². The van der Waals surface area contributed by atoms with E-state index in [1.165, 1.54) is 5.56 Å². The molecule has 18 heavy (non-hydrogen) atoms. The lowest BCUT2D eigenvalue weighted by Crippen LogP contribution is -2.10. The predicted octanol–water partition coefficient (Wildman–Crippen LogP) is 3.45. The van der Waals surface area contributed by atoms with Crippen molar-refractivity contribution < 1.29 is 0 Å². The largest absolute Gasteiger partial charge is 0.308 e. The summed E-state index contributed by atoms with van der Waals surface area (Å²) in [5.74, 6) is 7.96. The molecule has 2 rings (SSSR count). The number of pyridine rings is 1. The number of aromatic nitrogens is 1. The number of rotatable bonds is 5. The molecule has 0 radical (unpaired) electrons. The molecule has 2 aromatic rings. The van der Waals surface area contributed by atoms with Gasteiger partial charge in [0.1, 0.15) is 5.82 Å². The van der Waals surface area contributed by atoms with E-state index in [4.69, 9.17) is 17.4 Å². The Kier molecular flexibility index (Phi) is 4.87.